The number of aromatic amines is 1. The number of rotatable bonds is 3. The summed E-state index contributed by atoms with van der Waals surface area (Å²) in [5, 5.41) is 1.27. The first-order valence-corrected chi connectivity index (χ1v) is 9.11. The van der Waals surface area contributed by atoms with Crippen molar-refractivity contribution < 1.29 is 9.47 Å². The number of aromatic nitrogens is 2. The Kier molecular flexibility index (Phi) is 4.57. The molecule has 2 aromatic heterocycles. The summed E-state index contributed by atoms with van der Waals surface area (Å²) in [7, 11) is 0. The molecule has 5 nitrogen and oxygen atoms in total. The minimum absolute atomic E-state index is 0.295. The summed E-state index contributed by atoms with van der Waals surface area (Å²) >= 11 is 0. The van der Waals surface area contributed by atoms with Crippen LogP contribution in [-0.2, 0) is 16.0 Å². The number of pyridine rings is 1. The number of nitrogens with one attached hydrogen (secondary N) is 1. The Labute approximate surface area is 143 Å². The van der Waals surface area contributed by atoms with Crippen molar-refractivity contribution in [2.24, 2.45) is 0 Å². The highest BCUT2D eigenvalue weighted by Gasteiger charge is 2.27. The van der Waals surface area contributed by atoms with Gasteiger partial charge in [-0.3, -0.25) is 4.90 Å². The first kappa shape index (κ1) is 16.1. The number of ether oxygens (including phenoxy) is 2. The van der Waals surface area contributed by atoms with Gasteiger partial charge in [0, 0.05) is 56.0 Å². The topological polar surface area (TPSA) is 50.4 Å². The van der Waals surface area contributed by atoms with E-state index in [1.807, 2.05) is 12.3 Å². The molecule has 0 radical (unpaired) electrons. The summed E-state index contributed by atoms with van der Waals surface area (Å²) in [4.78, 5) is 10.7. The Morgan fingerprint density at radius 3 is 2.71 bits per heavy atom. The predicted molar refractivity (Wildman–Crippen MR) is 94.2 cm³/mol. The van der Waals surface area contributed by atoms with Crippen LogP contribution in [0, 0.1) is 0 Å². The Morgan fingerprint density at radius 2 is 1.96 bits per heavy atom. The number of morpholine rings is 1. The van der Waals surface area contributed by atoms with Gasteiger partial charge < -0.3 is 14.5 Å². The van der Waals surface area contributed by atoms with Crippen LogP contribution >= 0.6 is 0 Å². The van der Waals surface area contributed by atoms with E-state index in [9.17, 15) is 0 Å². The molecule has 0 amide bonds. The Hall–Kier alpha value is -1.43. The van der Waals surface area contributed by atoms with Gasteiger partial charge in [-0.25, -0.2) is 4.98 Å². The third-order valence-electron chi connectivity index (χ3n) is 5.22. The lowest BCUT2D eigenvalue weighted by Gasteiger charge is -2.35. The molecule has 130 valence electrons. The van der Waals surface area contributed by atoms with Crippen LogP contribution in [0.25, 0.3) is 11.0 Å². The molecule has 5 heteroatoms. The number of hydrogen-bond donors (Lipinski definition) is 1. The standard InChI is InChI=1S/C19H27N3O2/c1-13-10-22(11-14(2)24-13)12-17-16-4-3-7-20-19(16)21-18(17)15-5-8-23-9-6-15/h3-4,7,13-15H,5-6,8-12H2,1-2H3,(H,20,21)/t13-,14-/m0/s1. The summed E-state index contributed by atoms with van der Waals surface area (Å²) in [6, 6.07) is 4.24. The Morgan fingerprint density at radius 1 is 1.21 bits per heavy atom. The first-order chi connectivity index (χ1) is 11.7. The molecule has 0 saturated carbocycles. The highest BCUT2D eigenvalue weighted by molar-refractivity contribution is 5.81. The fourth-order valence-electron chi connectivity index (χ4n) is 4.24. The minimum Gasteiger partial charge on any atom is -0.381 e. The van der Waals surface area contributed by atoms with E-state index in [4.69, 9.17) is 9.47 Å². The van der Waals surface area contributed by atoms with Gasteiger partial charge >= 0.3 is 0 Å². The molecule has 2 fully saturated rings. The molecule has 4 heterocycles. The maximum atomic E-state index is 5.89. The molecule has 2 aliphatic rings. The van der Waals surface area contributed by atoms with Gasteiger partial charge in [0.25, 0.3) is 0 Å². The maximum Gasteiger partial charge on any atom is 0.137 e. The average Bonchev–Trinajstić information content (AvgIpc) is 2.94. The summed E-state index contributed by atoms with van der Waals surface area (Å²) in [6.45, 7) is 9.00. The predicted octanol–water partition coefficient (Wildman–Crippen LogP) is 3.07. The highest BCUT2D eigenvalue weighted by Crippen LogP contribution is 2.34. The van der Waals surface area contributed by atoms with Crippen molar-refractivity contribution in [3.63, 3.8) is 0 Å². The molecule has 0 unspecified atom stereocenters. The molecule has 4 rings (SSSR count). The molecule has 2 saturated heterocycles. The van der Waals surface area contributed by atoms with E-state index in [2.05, 4.69) is 34.8 Å². The second-order valence-electron chi connectivity index (χ2n) is 7.25. The van der Waals surface area contributed by atoms with Crippen LogP contribution in [0.2, 0.25) is 0 Å². The molecule has 0 spiro atoms. The number of fused-ring (bicyclic) bond motifs is 1. The van der Waals surface area contributed by atoms with Crippen molar-refractivity contribution in [1.29, 1.82) is 0 Å². The average molecular weight is 329 g/mol. The van der Waals surface area contributed by atoms with Crippen LogP contribution in [0.3, 0.4) is 0 Å². The van der Waals surface area contributed by atoms with Crippen molar-refractivity contribution in [3.05, 3.63) is 29.6 Å². The van der Waals surface area contributed by atoms with E-state index < -0.39 is 0 Å². The van der Waals surface area contributed by atoms with E-state index in [1.54, 1.807) is 0 Å². The lowest BCUT2D eigenvalue weighted by atomic mass is 9.93. The lowest BCUT2D eigenvalue weighted by Crippen LogP contribution is -2.44. The molecular formula is C19H27N3O2. The van der Waals surface area contributed by atoms with Gasteiger partial charge in [-0.15, -0.1) is 0 Å². The van der Waals surface area contributed by atoms with Gasteiger partial charge in [-0.2, -0.15) is 0 Å². The molecule has 2 atom stereocenters. The monoisotopic (exact) mass is 329 g/mol. The zero-order valence-corrected chi connectivity index (χ0v) is 14.6. The smallest absolute Gasteiger partial charge is 0.137 e. The number of nitrogens with zero attached hydrogens (tertiary/aromatic N) is 2. The van der Waals surface area contributed by atoms with Gasteiger partial charge in [0.1, 0.15) is 5.65 Å². The van der Waals surface area contributed by atoms with E-state index in [0.29, 0.717) is 18.1 Å². The minimum atomic E-state index is 0.295. The summed E-state index contributed by atoms with van der Waals surface area (Å²) in [5.41, 5.74) is 3.81. The van der Waals surface area contributed by atoms with Crippen LogP contribution in [0.5, 0.6) is 0 Å². The zero-order chi connectivity index (χ0) is 16.5. The zero-order valence-electron chi connectivity index (χ0n) is 14.6. The van der Waals surface area contributed by atoms with Crippen molar-refractivity contribution in [3.8, 4) is 0 Å². The van der Waals surface area contributed by atoms with Crippen LogP contribution < -0.4 is 0 Å². The number of hydrogen-bond acceptors (Lipinski definition) is 4. The van der Waals surface area contributed by atoms with Gasteiger partial charge in [0.2, 0.25) is 0 Å². The van der Waals surface area contributed by atoms with E-state index in [0.717, 1.165) is 51.3 Å². The van der Waals surface area contributed by atoms with Crippen molar-refractivity contribution in [2.45, 2.75) is 51.4 Å². The van der Waals surface area contributed by atoms with Gasteiger partial charge in [0.05, 0.1) is 12.2 Å². The third-order valence-corrected chi connectivity index (χ3v) is 5.22. The van der Waals surface area contributed by atoms with E-state index in [-0.39, 0.29) is 0 Å². The van der Waals surface area contributed by atoms with Crippen LogP contribution in [0.15, 0.2) is 18.3 Å². The third kappa shape index (κ3) is 3.21. The lowest BCUT2D eigenvalue weighted by molar-refractivity contribution is -0.0704. The normalized spacial score (nSPS) is 26.9. The van der Waals surface area contributed by atoms with Crippen LogP contribution in [-0.4, -0.2) is 53.4 Å². The first-order valence-electron chi connectivity index (χ1n) is 9.11. The van der Waals surface area contributed by atoms with Crippen molar-refractivity contribution in [2.75, 3.05) is 26.3 Å². The number of H-pyrrole nitrogens is 1. The fraction of sp³-hybridized carbons (Fsp3) is 0.632. The molecule has 1 N–H and O–H groups in total. The SMILES string of the molecule is C[C@H]1CN(Cc2c(C3CCOCC3)[nH]c3ncccc23)C[C@H](C)O1. The second-order valence-corrected chi connectivity index (χ2v) is 7.25. The Bertz CT molecular complexity index is 683. The summed E-state index contributed by atoms with van der Waals surface area (Å²) in [6.07, 6.45) is 4.65. The molecule has 0 aliphatic carbocycles. The maximum absolute atomic E-state index is 5.89. The molecule has 24 heavy (non-hydrogen) atoms. The van der Waals surface area contributed by atoms with Crippen LogP contribution in [0.4, 0.5) is 0 Å². The highest BCUT2D eigenvalue weighted by atomic mass is 16.5. The van der Waals surface area contributed by atoms with E-state index in [1.165, 1.54) is 16.6 Å². The quantitative estimate of drug-likeness (QED) is 0.940. The van der Waals surface area contributed by atoms with Crippen molar-refractivity contribution >= 4 is 11.0 Å². The summed E-state index contributed by atoms with van der Waals surface area (Å²) in [5.74, 6) is 0.554. The molecule has 2 aliphatic heterocycles. The molecular weight excluding hydrogens is 302 g/mol. The summed E-state index contributed by atoms with van der Waals surface area (Å²) < 4.78 is 11.4. The van der Waals surface area contributed by atoms with Gasteiger partial charge in [0.15, 0.2) is 0 Å². The molecule has 0 bridgehead atoms. The largest absolute Gasteiger partial charge is 0.381 e. The Balaban J connectivity index is 1.67. The fourth-order valence-corrected chi connectivity index (χ4v) is 4.24. The van der Waals surface area contributed by atoms with Gasteiger partial charge in [-0.05, 0) is 44.4 Å². The second kappa shape index (κ2) is 6.82. The van der Waals surface area contributed by atoms with E-state index >= 15 is 0 Å². The molecule has 0 aromatic carbocycles. The van der Waals surface area contributed by atoms with Crippen molar-refractivity contribution in [1.82, 2.24) is 14.9 Å². The van der Waals surface area contributed by atoms with Gasteiger partial charge in [-0.1, -0.05) is 0 Å². The molecule has 2 aromatic rings. The van der Waals surface area contributed by atoms with Crippen LogP contribution in [0.1, 0.15) is 43.9 Å².